The summed E-state index contributed by atoms with van der Waals surface area (Å²) in [6, 6.07) is 15.2. The van der Waals surface area contributed by atoms with Crippen molar-refractivity contribution in [1.82, 2.24) is 4.90 Å². The van der Waals surface area contributed by atoms with Crippen molar-refractivity contribution < 1.29 is 29.3 Å². The number of hydrogen-bond acceptors (Lipinski definition) is 5. The molecule has 3 rings (SSSR count). The smallest absolute Gasteiger partial charge is 0.303 e. The molecule has 7 nitrogen and oxygen atoms in total. The number of carboxylic acid groups (broad SMARTS) is 1. The number of carboxylic acids is 1. The van der Waals surface area contributed by atoms with E-state index in [1.807, 2.05) is 30.3 Å². The number of ketones is 1. The van der Waals surface area contributed by atoms with Gasteiger partial charge in [0.1, 0.15) is 5.75 Å². The van der Waals surface area contributed by atoms with Gasteiger partial charge in [-0.25, -0.2) is 0 Å². The molecule has 2 aromatic rings. The van der Waals surface area contributed by atoms with E-state index in [2.05, 4.69) is 0 Å². The lowest BCUT2D eigenvalue weighted by Gasteiger charge is -2.26. The van der Waals surface area contributed by atoms with Gasteiger partial charge in [-0.3, -0.25) is 14.4 Å². The number of hydrogen-bond donors (Lipinski definition) is 2. The van der Waals surface area contributed by atoms with Crippen LogP contribution in [-0.4, -0.2) is 46.4 Å². The van der Waals surface area contributed by atoms with Crippen LogP contribution >= 0.6 is 0 Å². The first-order chi connectivity index (χ1) is 14.9. The third-order valence-electron chi connectivity index (χ3n) is 5.00. The molecule has 160 valence electrons. The Morgan fingerprint density at radius 3 is 2.55 bits per heavy atom. The van der Waals surface area contributed by atoms with Crippen molar-refractivity contribution in [3.8, 4) is 5.75 Å². The Morgan fingerprint density at radius 1 is 1.13 bits per heavy atom. The Hall–Kier alpha value is -3.87. The molecule has 0 unspecified atom stereocenters. The highest BCUT2D eigenvalue weighted by Gasteiger charge is 2.42. The standard InChI is InChI=1S/C24H23NO6/c1-31-18-10-5-9-17(15-18)22-21(19(26)13-12-16-7-3-2-4-8-16)23(29)24(30)25(22)14-6-11-20(27)28/h2-5,7-10,12-13,15,22,29H,6,11,14H2,1H3,(H,27,28)/b13-12+/t22-/m1/s1. The first-order valence-electron chi connectivity index (χ1n) is 9.79. The predicted molar refractivity (Wildman–Crippen MR) is 114 cm³/mol. The molecule has 0 aromatic heterocycles. The van der Waals surface area contributed by atoms with Gasteiger partial charge in [0.15, 0.2) is 11.5 Å². The lowest BCUT2D eigenvalue weighted by molar-refractivity contribution is -0.138. The molecule has 2 N–H and O–H groups in total. The first kappa shape index (κ1) is 21.8. The van der Waals surface area contributed by atoms with Crippen LogP contribution in [0.1, 0.15) is 30.0 Å². The van der Waals surface area contributed by atoms with Crippen LogP contribution in [0.25, 0.3) is 6.08 Å². The van der Waals surface area contributed by atoms with E-state index in [1.54, 1.807) is 30.3 Å². The van der Waals surface area contributed by atoms with Gasteiger partial charge in [-0.15, -0.1) is 0 Å². The van der Waals surface area contributed by atoms with Crippen molar-refractivity contribution in [3.63, 3.8) is 0 Å². The van der Waals surface area contributed by atoms with Gasteiger partial charge >= 0.3 is 5.97 Å². The number of ether oxygens (including phenoxy) is 1. The third kappa shape index (κ3) is 5.01. The summed E-state index contributed by atoms with van der Waals surface area (Å²) in [5, 5.41) is 19.5. The zero-order valence-corrected chi connectivity index (χ0v) is 17.0. The van der Waals surface area contributed by atoms with E-state index < -0.39 is 29.5 Å². The average molecular weight is 421 g/mol. The normalized spacial score (nSPS) is 16.2. The van der Waals surface area contributed by atoms with Crippen LogP contribution in [0.15, 0.2) is 72.0 Å². The summed E-state index contributed by atoms with van der Waals surface area (Å²) in [4.78, 5) is 38.0. The number of rotatable bonds is 9. The molecule has 1 amide bonds. The van der Waals surface area contributed by atoms with Crippen molar-refractivity contribution >= 4 is 23.7 Å². The second-order valence-electron chi connectivity index (χ2n) is 7.05. The molecule has 1 atom stereocenters. The summed E-state index contributed by atoms with van der Waals surface area (Å²) in [5.41, 5.74) is 1.35. The number of allylic oxidation sites excluding steroid dienone is 1. The van der Waals surface area contributed by atoms with Crippen LogP contribution in [-0.2, 0) is 14.4 Å². The molecule has 0 saturated heterocycles. The second-order valence-corrected chi connectivity index (χ2v) is 7.05. The molecule has 0 saturated carbocycles. The van der Waals surface area contributed by atoms with Crippen LogP contribution in [0.4, 0.5) is 0 Å². The predicted octanol–water partition coefficient (Wildman–Crippen LogP) is 3.54. The Bertz CT molecular complexity index is 1040. The maximum atomic E-state index is 13.0. The summed E-state index contributed by atoms with van der Waals surface area (Å²) in [6.45, 7) is 0.0796. The van der Waals surface area contributed by atoms with E-state index in [0.29, 0.717) is 11.3 Å². The monoisotopic (exact) mass is 421 g/mol. The average Bonchev–Trinajstić information content (AvgIpc) is 3.03. The highest BCUT2D eigenvalue weighted by atomic mass is 16.5. The van der Waals surface area contributed by atoms with Crippen molar-refractivity contribution in [2.75, 3.05) is 13.7 Å². The van der Waals surface area contributed by atoms with Gasteiger partial charge in [0.05, 0.1) is 18.7 Å². The molecule has 0 spiro atoms. The fraction of sp³-hybridized carbons (Fsp3) is 0.208. The SMILES string of the molecule is COc1cccc([C@@H]2C(C(=O)/C=C/c3ccccc3)=C(O)C(=O)N2CCCC(=O)O)c1. The fourth-order valence-electron chi connectivity index (χ4n) is 3.52. The van der Waals surface area contributed by atoms with E-state index in [4.69, 9.17) is 9.84 Å². The molecule has 1 heterocycles. The molecule has 0 fully saturated rings. The zero-order chi connectivity index (χ0) is 22.4. The highest BCUT2D eigenvalue weighted by Crippen LogP contribution is 2.39. The lowest BCUT2D eigenvalue weighted by Crippen LogP contribution is -2.32. The Labute approximate surface area is 179 Å². The number of carbonyl (C=O) groups excluding carboxylic acids is 2. The fourth-order valence-corrected chi connectivity index (χ4v) is 3.52. The number of aliphatic carboxylic acids is 1. The minimum Gasteiger partial charge on any atom is -0.503 e. The highest BCUT2D eigenvalue weighted by molar-refractivity contribution is 6.14. The maximum absolute atomic E-state index is 13.0. The zero-order valence-electron chi connectivity index (χ0n) is 17.0. The van der Waals surface area contributed by atoms with Crippen LogP contribution in [0.2, 0.25) is 0 Å². The maximum Gasteiger partial charge on any atom is 0.303 e. The minimum atomic E-state index is -0.983. The van der Waals surface area contributed by atoms with Gasteiger partial charge in [-0.05, 0) is 35.8 Å². The van der Waals surface area contributed by atoms with Gasteiger partial charge in [0.25, 0.3) is 5.91 Å². The quantitative estimate of drug-likeness (QED) is 0.600. The Morgan fingerprint density at radius 2 is 1.87 bits per heavy atom. The van der Waals surface area contributed by atoms with E-state index >= 15 is 0 Å². The van der Waals surface area contributed by atoms with Gasteiger partial charge in [0, 0.05) is 13.0 Å². The number of methoxy groups -OCH3 is 1. The number of amides is 1. The molecule has 0 aliphatic carbocycles. The third-order valence-corrected chi connectivity index (χ3v) is 5.00. The van der Waals surface area contributed by atoms with E-state index in [1.165, 1.54) is 18.1 Å². The van der Waals surface area contributed by atoms with E-state index in [-0.39, 0.29) is 25.0 Å². The van der Waals surface area contributed by atoms with Crippen molar-refractivity contribution in [1.29, 1.82) is 0 Å². The number of aliphatic hydroxyl groups excluding tert-OH is 1. The van der Waals surface area contributed by atoms with Gasteiger partial charge in [-0.2, -0.15) is 0 Å². The molecular formula is C24H23NO6. The topological polar surface area (TPSA) is 104 Å². The summed E-state index contributed by atoms with van der Waals surface area (Å²) in [5.74, 6) is -2.26. The van der Waals surface area contributed by atoms with Crippen molar-refractivity contribution in [2.45, 2.75) is 18.9 Å². The van der Waals surface area contributed by atoms with Crippen LogP contribution in [0, 0.1) is 0 Å². The number of benzene rings is 2. The summed E-state index contributed by atoms with van der Waals surface area (Å²) in [7, 11) is 1.51. The molecule has 31 heavy (non-hydrogen) atoms. The molecule has 2 aromatic carbocycles. The number of nitrogens with zero attached hydrogens (tertiary/aromatic N) is 1. The van der Waals surface area contributed by atoms with Gasteiger partial charge in [0.2, 0.25) is 0 Å². The molecule has 1 aliphatic rings. The van der Waals surface area contributed by atoms with Crippen molar-refractivity contribution in [2.24, 2.45) is 0 Å². The molecule has 1 aliphatic heterocycles. The molecular weight excluding hydrogens is 398 g/mol. The number of carbonyl (C=O) groups is 3. The molecule has 0 bridgehead atoms. The van der Waals surface area contributed by atoms with Crippen LogP contribution in [0.5, 0.6) is 5.75 Å². The van der Waals surface area contributed by atoms with Crippen LogP contribution < -0.4 is 4.74 Å². The van der Waals surface area contributed by atoms with E-state index in [9.17, 15) is 19.5 Å². The Kier molecular flexibility index (Phi) is 6.87. The van der Waals surface area contributed by atoms with E-state index in [0.717, 1.165) is 5.56 Å². The summed E-state index contributed by atoms with van der Waals surface area (Å²) < 4.78 is 5.26. The minimum absolute atomic E-state index is 0.0410. The second kappa shape index (κ2) is 9.75. The van der Waals surface area contributed by atoms with Gasteiger partial charge in [-0.1, -0.05) is 48.5 Å². The van der Waals surface area contributed by atoms with Crippen LogP contribution in [0.3, 0.4) is 0 Å². The number of aliphatic hydroxyl groups is 1. The first-order valence-corrected chi connectivity index (χ1v) is 9.79. The molecule has 7 heteroatoms. The largest absolute Gasteiger partial charge is 0.503 e. The Balaban J connectivity index is 1.97. The molecule has 0 radical (unpaired) electrons. The summed E-state index contributed by atoms with van der Waals surface area (Å²) in [6.07, 6.45) is 2.99. The van der Waals surface area contributed by atoms with Crippen molar-refractivity contribution in [3.05, 3.63) is 83.1 Å². The summed E-state index contributed by atoms with van der Waals surface area (Å²) >= 11 is 0. The lowest BCUT2D eigenvalue weighted by atomic mass is 9.95. The van der Waals surface area contributed by atoms with Gasteiger partial charge < -0.3 is 19.8 Å².